The van der Waals surface area contributed by atoms with Crippen molar-refractivity contribution in [1.29, 1.82) is 0 Å². The Morgan fingerprint density at radius 1 is 1.30 bits per heavy atom. The van der Waals surface area contributed by atoms with E-state index in [-0.39, 0.29) is 6.10 Å². The van der Waals surface area contributed by atoms with Gasteiger partial charge in [-0.3, -0.25) is 0 Å². The average molecular weight is 329 g/mol. The monoisotopic (exact) mass is 328 g/mol. The summed E-state index contributed by atoms with van der Waals surface area (Å²) in [6.07, 6.45) is 3.96. The SMILES string of the molecule is Cn1cc(C2OCc3ccccc32)c2cc(Br)cnc21. The predicted molar refractivity (Wildman–Crippen MR) is 81.5 cm³/mol. The number of pyridine rings is 1. The van der Waals surface area contributed by atoms with Gasteiger partial charge in [0.05, 0.1) is 6.61 Å². The quantitative estimate of drug-likeness (QED) is 0.676. The van der Waals surface area contributed by atoms with Crippen LogP contribution in [0.1, 0.15) is 22.8 Å². The fourth-order valence-corrected chi connectivity index (χ4v) is 3.25. The third-order valence-corrected chi connectivity index (χ3v) is 4.27. The number of hydrogen-bond acceptors (Lipinski definition) is 2. The van der Waals surface area contributed by atoms with E-state index in [0.717, 1.165) is 15.5 Å². The van der Waals surface area contributed by atoms with Gasteiger partial charge in [-0.1, -0.05) is 24.3 Å². The van der Waals surface area contributed by atoms with E-state index < -0.39 is 0 Å². The molecule has 3 nitrogen and oxygen atoms in total. The Hall–Kier alpha value is -1.65. The van der Waals surface area contributed by atoms with E-state index in [0.29, 0.717) is 6.61 Å². The molecule has 1 unspecified atom stereocenters. The molecule has 0 aliphatic carbocycles. The van der Waals surface area contributed by atoms with Crippen LogP contribution in [-0.4, -0.2) is 9.55 Å². The summed E-state index contributed by atoms with van der Waals surface area (Å²) in [5.41, 5.74) is 4.70. The summed E-state index contributed by atoms with van der Waals surface area (Å²) < 4.78 is 9.06. The Labute approximate surface area is 125 Å². The normalized spacial score (nSPS) is 17.6. The number of rotatable bonds is 1. The van der Waals surface area contributed by atoms with Crippen LogP contribution < -0.4 is 0 Å². The Balaban J connectivity index is 1.94. The van der Waals surface area contributed by atoms with E-state index in [1.807, 2.05) is 13.2 Å². The molecule has 2 aromatic heterocycles. The molecule has 4 heteroatoms. The van der Waals surface area contributed by atoms with Crippen molar-refractivity contribution in [2.75, 3.05) is 0 Å². The second-order valence-corrected chi connectivity index (χ2v) is 6.03. The largest absolute Gasteiger partial charge is 0.364 e. The standard InChI is InChI=1S/C16H13BrN2O/c1-19-8-14(13-6-11(17)7-18-16(13)19)15-12-5-3-2-4-10(12)9-20-15/h2-8,15H,9H2,1H3. The van der Waals surface area contributed by atoms with Gasteiger partial charge in [0.1, 0.15) is 11.8 Å². The molecule has 0 spiro atoms. The van der Waals surface area contributed by atoms with Crippen LogP contribution in [0, 0.1) is 0 Å². The second-order valence-electron chi connectivity index (χ2n) is 5.11. The van der Waals surface area contributed by atoms with Crippen molar-refractivity contribution in [1.82, 2.24) is 9.55 Å². The third-order valence-electron chi connectivity index (χ3n) is 3.84. The molecule has 1 aliphatic rings. The van der Waals surface area contributed by atoms with Gasteiger partial charge in [-0.15, -0.1) is 0 Å². The first-order valence-electron chi connectivity index (χ1n) is 6.54. The molecule has 0 bridgehead atoms. The molecule has 1 atom stereocenters. The van der Waals surface area contributed by atoms with Gasteiger partial charge in [-0.25, -0.2) is 4.98 Å². The molecule has 0 amide bonds. The van der Waals surface area contributed by atoms with Crippen LogP contribution in [-0.2, 0) is 18.4 Å². The van der Waals surface area contributed by atoms with Crippen molar-refractivity contribution < 1.29 is 4.74 Å². The van der Waals surface area contributed by atoms with E-state index in [4.69, 9.17) is 4.74 Å². The Bertz CT molecular complexity index is 809. The molecule has 0 N–H and O–H groups in total. The van der Waals surface area contributed by atoms with Gasteiger partial charge in [-0.05, 0) is 33.1 Å². The van der Waals surface area contributed by atoms with E-state index >= 15 is 0 Å². The number of fused-ring (bicyclic) bond motifs is 2. The maximum atomic E-state index is 6.01. The van der Waals surface area contributed by atoms with Crippen LogP contribution in [0.4, 0.5) is 0 Å². The van der Waals surface area contributed by atoms with E-state index in [9.17, 15) is 0 Å². The molecule has 4 rings (SSSR count). The van der Waals surface area contributed by atoms with Gasteiger partial charge in [-0.2, -0.15) is 0 Å². The first-order valence-corrected chi connectivity index (χ1v) is 7.33. The fourth-order valence-electron chi connectivity index (χ4n) is 2.92. The summed E-state index contributed by atoms with van der Waals surface area (Å²) in [5.74, 6) is 0. The summed E-state index contributed by atoms with van der Waals surface area (Å²) in [4.78, 5) is 4.49. The molecule has 0 radical (unpaired) electrons. The summed E-state index contributed by atoms with van der Waals surface area (Å²) in [6.45, 7) is 0.679. The maximum absolute atomic E-state index is 6.01. The molecular weight excluding hydrogens is 316 g/mol. The van der Waals surface area contributed by atoms with Gasteiger partial charge < -0.3 is 9.30 Å². The maximum Gasteiger partial charge on any atom is 0.140 e. The van der Waals surface area contributed by atoms with Crippen LogP contribution in [0.5, 0.6) is 0 Å². The topological polar surface area (TPSA) is 27.1 Å². The zero-order valence-corrected chi connectivity index (χ0v) is 12.6. The van der Waals surface area contributed by atoms with Gasteiger partial charge in [0.2, 0.25) is 0 Å². The molecule has 20 heavy (non-hydrogen) atoms. The first kappa shape index (κ1) is 12.1. The lowest BCUT2D eigenvalue weighted by molar-refractivity contribution is 0.0947. The van der Waals surface area contributed by atoms with Crippen molar-refractivity contribution in [3.05, 3.63) is 63.9 Å². The van der Waals surface area contributed by atoms with Crippen molar-refractivity contribution in [2.45, 2.75) is 12.7 Å². The van der Waals surface area contributed by atoms with Gasteiger partial charge in [0.25, 0.3) is 0 Å². The molecule has 3 aromatic rings. The zero-order chi connectivity index (χ0) is 13.7. The van der Waals surface area contributed by atoms with E-state index in [1.54, 1.807) is 0 Å². The Morgan fingerprint density at radius 3 is 3.05 bits per heavy atom. The summed E-state index contributed by atoms with van der Waals surface area (Å²) >= 11 is 3.50. The fraction of sp³-hybridized carbons (Fsp3) is 0.188. The lowest BCUT2D eigenvalue weighted by Crippen LogP contribution is -1.97. The first-order chi connectivity index (χ1) is 9.74. The molecule has 1 aliphatic heterocycles. The summed E-state index contributed by atoms with van der Waals surface area (Å²) in [6, 6.07) is 10.5. The van der Waals surface area contributed by atoms with E-state index in [1.165, 1.54) is 16.7 Å². The number of nitrogens with zero attached hydrogens (tertiary/aromatic N) is 2. The second kappa shape index (κ2) is 4.43. The van der Waals surface area contributed by atoms with Crippen molar-refractivity contribution in [3.63, 3.8) is 0 Å². The highest BCUT2D eigenvalue weighted by atomic mass is 79.9. The molecule has 0 saturated heterocycles. The highest BCUT2D eigenvalue weighted by Crippen LogP contribution is 2.39. The average Bonchev–Trinajstić information content (AvgIpc) is 3.00. The van der Waals surface area contributed by atoms with Crippen molar-refractivity contribution in [2.24, 2.45) is 7.05 Å². The van der Waals surface area contributed by atoms with Crippen LogP contribution in [0.2, 0.25) is 0 Å². The third kappa shape index (κ3) is 1.72. The molecule has 0 saturated carbocycles. The molecule has 3 heterocycles. The zero-order valence-electron chi connectivity index (χ0n) is 11.0. The molecular formula is C16H13BrN2O. The van der Waals surface area contributed by atoms with Crippen LogP contribution >= 0.6 is 15.9 Å². The van der Waals surface area contributed by atoms with Crippen LogP contribution in [0.3, 0.4) is 0 Å². The number of aryl methyl sites for hydroxylation is 1. The number of ether oxygens (including phenoxy) is 1. The van der Waals surface area contributed by atoms with Crippen molar-refractivity contribution in [3.8, 4) is 0 Å². The van der Waals surface area contributed by atoms with Crippen LogP contribution in [0.25, 0.3) is 11.0 Å². The number of hydrogen-bond donors (Lipinski definition) is 0. The minimum Gasteiger partial charge on any atom is -0.364 e. The van der Waals surface area contributed by atoms with Gasteiger partial charge >= 0.3 is 0 Å². The van der Waals surface area contributed by atoms with Gasteiger partial charge in [0, 0.05) is 34.9 Å². The highest BCUT2D eigenvalue weighted by molar-refractivity contribution is 9.10. The predicted octanol–water partition coefficient (Wildman–Crippen LogP) is 3.96. The lowest BCUT2D eigenvalue weighted by atomic mass is 10.00. The number of aromatic nitrogens is 2. The molecule has 0 fully saturated rings. The van der Waals surface area contributed by atoms with Crippen LogP contribution in [0.15, 0.2) is 47.2 Å². The Morgan fingerprint density at radius 2 is 2.15 bits per heavy atom. The lowest BCUT2D eigenvalue weighted by Gasteiger charge is -2.10. The minimum atomic E-state index is 0.00556. The Kier molecular flexibility index (Phi) is 2.69. The minimum absolute atomic E-state index is 0.00556. The summed E-state index contributed by atoms with van der Waals surface area (Å²) in [5, 5.41) is 1.14. The number of benzene rings is 1. The number of halogens is 1. The highest BCUT2D eigenvalue weighted by Gasteiger charge is 2.27. The molecule has 100 valence electrons. The smallest absolute Gasteiger partial charge is 0.140 e. The van der Waals surface area contributed by atoms with E-state index in [2.05, 4.69) is 62.0 Å². The molecule has 1 aromatic carbocycles. The van der Waals surface area contributed by atoms with Gasteiger partial charge in [0.15, 0.2) is 0 Å². The summed E-state index contributed by atoms with van der Waals surface area (Å²) in [7, 11) is 2.02. The van der Waals surface area contributed by atoms with Crippen molar-refractivity contribution >= 4 is 27.0 Å².